The van der Waals surface area contributed by atoms with Crippen LogP contribution in [-0.2, 0) is 15.5 Å². The fourth-order valence-corrected chi connectivity index (χ4v) is 6.06. The molecule has 0 aliphatic rings. The second-order valence-electron chi connectivity index (χ2n) is 11.0. The molecule has 0 bridgehead atoms. The van der Waals surface area contributed by atoms with E-state index in [-0.39, 0.29) is 30.5 Å². The van der Waals surface area contributed by atoms with E-state index < -0.39 is 34.6 Å². The highest BCUT2D eigenvalue weighted by Crippen LogP contribution is 2.38. The van der Waals surface area contributed by atoms with Gasteiger partial charge in [0.2, 0.25) is 0 Å². The molecule has 1 heterocycles. The van der Waals surface area contributed by atoms with E-state index in [2.05, 4.69) is 45.0 Å². The molecule has 5 nitrogen and oxygen atoms in total. The topological polar surface area (TPSA) is 80.7 Å². The first kappa shape index (κ1) is 31.8. The van der Waals surface area contributed by atoms with Crippen molar-refractivity contribution in [1.29, 1.82) is 0 Å². The van der Waals surface area contributed by atoms with Crippen molar-refractivity contribution in [2.24, 2.45) is 0 Å². The van der Waals surface area contributed by atoms with E-state index in [1.807, 2.05) is 26.0 Å². The summed E-state index contributed by atoms with van der Waals surface area (Å²) in [6.07, 6.45) is -6.84. The van der Waals surface area contributed by atoms with Gasteiger partial charge in [-0.25, -0.2) is 0 Å². The van der Waals surface area contributed by atoms with Gasteiger partial charge in [-0.2, -0.15) is 21.6 Å². The number of thiophene rings is 1. The van der Waals surface area contributed by atoms with Gasteiger partial charge in [0.05, 0.1) is 10.6 Å². The average Bonchev–Trinajstić information content (AvgIpc) is 3.30. The van der Waals surface area contributed by atoms with Crippen molar-refractivity contribution < 1.29 is 35.7 Å². The fraction of sp³-hybridized carbons (Fsp3) is 0.433. The van der Waals surface area contributed by atoms with Crippen LogP contribution in [0.5, 0.6) is 5.75 Å². The van der Waals surface area contributed by atoms with Gasteiger partial charge in [-0.05, 0) is 84.2 Å². The van der Waals surface area contributed by atoms with Crippen molar-refractivity contribution in [3.8, 4) is 16.9 Å². The molecule has 3 rings (SSSR count). The molecule has 0 radical (unpaired) electrons. The van der Waals surface area contributed by atoms with E-state index in [0.29, 0.717) is 15.5 Å². The minimum Gasteiger partial charge on any atom is -0.485 e. The maximum atomic E-state index is 13.1. The largest absolute Gasteiger partial charge is 0.485 e. The number of hydrogen-bond donors (Lipinski definition) is 1. The normalized spacial score (nSPS) is 13.3. The van der Waals surface area contributed by atoms with Crippen LogP contribution in [-0.4, -0.2) is 30.7 Å². The van der Waals surface area contributed by atoms with Crippen LogP contribution in [0.1, 0.15) is 83.8 Å². The SMILES string of the molecule is Cc1cc(O[C@@H](CCC(F)(F)F)c2ccc(C(=O)CCCS(=O)(=O)O)s2)cc(C)c1-c1ccc(C(C)(C)C)cc1. The molecule has 0 unspecified atom stereocenters. The third-order valence-corrected chi connectivity index (χ3v) is 8.56. The number of hydrogen-bond acceptors (Lipinski definition) is 5. The Kier molecular flexibility index (Phi) is 9.91. The average molecular weight is 597 g/mol. The summed E-state index contributed by atoms with van der Waals surface area (Å²) in [5.41, 5.74) is 5.17. The predicted octanol–water partition coefficient (Wildman–Crippen LogP) is 8.64. The van der Waals surface area contributed by atoms with Gasteiger partial charge in [0.25, 0.3) is 10.1 Å². The van der Waals surface area contributed by atoms with Crippen LogP contribution in [0.2, 0.25) is 0 Å². The minimum atomic E-state index is -4.37. The Morgan fingerprint density at radius 2 is 1.60 bits per heavy atom. The number of carbonyl (C=O) groups is 1. The zero-order valence-electron chi connectivity index (χ0n) is 23.3. The number of carbonyl (C=O) groups excluding carboxylic acids is 1. The maximum Gasteiger partial charge on any atom is 0.389 e. The summed E-state index contributed by atoms with van der Waals surface area (Å²) in [5.74, 6) is -0.446. The van der Waals surface area contributed by atoms with Crippen LogP contribution in [0.3, 0.4) is 0 Å². The molecule has 0 aliphatic heterocycles. The predicted molar refractivity (Wildman–Crippen MR) is 153 cm³/mol. The highest BCUT2D eigenvalue weighted by atomic mass is 32.2. The Balaban J connectivity index is 1.84. The summed E-state index contributed by atoms with van der Waals surface area (Å²) in [6, 6.07) is 15.1. The van der Waals surface area contributed by atoms with Crippen molar-refractivity contribution in [1.82, 2.24) is 0 Å². The van der Waals surface area contributed by atoms with Gasteiger partial charge in [0.15, 0.2) is 5.78 Å². The maximum absolute atomic E-state index is 13.1. The third-order valence-electron chi connectivity index (χ3n) is 6.54. The van der Waals surface area contributed by atoms with E-state index in [1.54, 1.807) is 6.07 Å². The summed E-state index contributed by atoms with van der Waals surface area (Å²) < 4.78 is 76.2. The van der Waals surface area contributed by atoms with E-state index >= 15 is 0 Å². The van der Waals surface area contributed by atoms with Gasteiger partial charge >= 0.3 is 6.18 Å². The molecule has 10 heteroatoms. The van der Waals surface area contributed by atoms with Gasteiger partial charge in [0.1, 0.15) is 11.9 Å². The highest BCUT2D eigenvalue weighted by molar-refractivity contribution is 7.85. The van der Waals surface area contributed by atoms with E-state index in [9.17, 15) is 26.4 Å². The van der Waals surface area contributed by atoms with Crippen molar-refractivity contribution in [2.75, 3.05) is 5.75 Å². The van der Waals surface area contributed by atoms with E-state index in [0.717, 1.165) is 33.6 Å². The first-order valence-corrected chi connectivity index (χ1v) is 15.4. The molecule has 1 atom stereocenters. The molecule has 2 aromatic carbocycles. The Morgan fingerprint density at radius 1 is 1.00 bits per heavy atom. The van der Waals surface area contributed by atoms with Crippen molar-refractivity contribution in [3.63, 3.8) is 0 Å². The van der Waals surface area contributed by atoms with Crippen LogP contribution in [0.25, 0.3) is 11.1 Å². The molecule has 0 aliphatic carbocycles. The Labute approximate surface area is 238 Å². The van der Waals surface area contributed by atoms with Crippen LogP contribution >= 0.6 is 11.3 Å². The number of rotatable bonds is 11. The number of ether oxygens (including phenoxy) is 1. The molecular formula is C30H35F3O5S2. The van der Waals surface area contributed by atoms with Crippen molar-refractivity contribution in [3.05, 3.63) is 75.0 Å². The zero-order valence-corrected chi connectivity index (χ0v) is 24.9. The quantitative estimate of drug-likeness (QED) is 0.177. The number of halogens is 3. The first-order valence-electron chi connectivity index (χ1n) is 13.0. The van der Waals surface area contributed by atoms with Crippen LogP contribution in [0, 0.1) is 13.8 Å². The summed E-state index contributed by atoms with van der Waals surface area (Å²) in [6.45, 7) is 10.3. The standard InChI is InChI=1S/C30H35F3O5S2/c1-19-17-23(18-20(2)28(19)21-8-10-22(11-9-21)29(3,4)5)38-25(14-15-30(31,32)33)27-13-12-26(39-27)24(34)7-6-16-40(35,36)37/h8-13,17-18,25H,6-7,14-16H2,1-5H3,(H,35,36,37)/t25-/m0/s1. The highest BCUT2D eigenvalue weighted by Gasteiger charge is 2.30. The van der Waals surface area contributed by atoms with Crippen molar-refractivity contribution in [2.45, 2.75) is 78.0 Å². The van der Waals surface area contributed by atoms with Crippen LogP contribution in [0.15, 0.2) is 48.5 Å². The lowest BCUT2D eigenvalue weighted by atomic mass is 9.85. The molecule has 218 valence electrons. The monoisotopic (exact) mass is 596 g/mol. The van der Waals surface area contributed by atoms with Gasteiger partial charge < -0.3 is 4.74 Å². The lowest BCUT2D eigenvalue weighted by Gasteiger charge is -2.22. The van der Waals surface area contributed by atoms with Gasteiger partial charge in [-0.3, -0.25) is 9.35 Å². The van der Waals surface area contributed by atoms with Crippen molar-refractivity contribution >= 4 is 27.2 Å². The van der Waals surface area contributed by atoms with Gasteiger partial charge in [-0.1, -0.05) is 45.0 Å². The first-order chi connectivity index (χ1) is 18.4. The number of benzene rings is 2. The van der Waals surface area contributed by atoms with Crippen LogP contribution < -0.4 is 4.74 Å². The summed E-state index contributed by atoms with van der Waals surface area (Å²) in [4.78, 5) is 13.3. The van der Waals surface area contributed by atoms with E-state index in [1.165, 1.54) is 11.6 Å². The molecule has 0 spiro atoms. The second kappa shape index (κ2) is 12.4. The summed E-state index contributed by atoms with van der Waals surface area (Å²) in [7, 11) is -4.18. The molecule has 3 aromatic rings. The zero-order chi connectivity index (χ0) is 29.9. The van der Waals surface area contributed by atoms with Crippen LogP contribution in [0.4, 0.5) is 13.2 Å². The lowest BCUT2D eigenvalue weighted by molar-refractivity contribution is -0.139. The molecule has 0 amide bonds. The summed E-state index contributed by atoms with van der Waals surface area (Å²) >= 11 is 1.03. The molecule has 1 N–H and O–H groups in total. The minimum absolute atomic E-state index is 0.0259. The number of alkyl halides is 3. The molecule has 0 saturated heterocycles. The molecule has 0 fully saturated rings. The molecule has 40 heavy (non-hydrogen) atoms. The second-order valence-corrected chi connectivity index (χ2v) is 13.7. The summed E-state index contributed by atoms with van der Waals surface area (Å²) in [5, 5.41) is 0. The lowest BCUT2D eigenvalue weighted by Crippen LogP contribution is -2.13. The third kappa shape index (κ3) is 9.17. The number of aryl methyl sites for hydroxylation is 2. The van der Waals surface area contributed by atoms with Gasteiger partial charge in [0, 0.05) is 17.7 Å². The van der Waals surface area contributed by atoms with Gasteiger partial charge in [-0.15, -0.1) is 11.3 Å². The molecular weight excluding hydrogens is 561 g/mol. The molecule has 1 aromatic heterocycles. The Hall–Kier alpha value is -2.69. The fourth-order valence-electron chi connectivity index (χ4n) is 4.52. The Morgan fingerprint density at radius 3 is 2.12 bits per heavy atom. The van der Waals surface area contributed by atoms with E-state index in [4.69, 9.17) is 9.29 Å². The number of Topliss-reactive ketones (excluding diaryl/α,β-unsaturated/α-hetero) is 1. The smallest absolute Gasteiger partial charge is 0.389 e. The number of ketones is 1. The molecule has 0 saturated carbocycles. The Bertz CT molecular complexity index is 1410.